The zero-order chi connectivity index (χ0) is 26.2. The van der Waals surface area contributed by atoms with Crippen LogP contribution in [0.4, 0.5) is 18.9 Å². The molecule has 0 aliphatic carbocycles. The first-order valence-corrected chi connectivity index (χ1v) is 11.3. The monoisotopic (exact) mass is 506 g/mol. The van der Waals surface area contributed by atoms with Crippen molar-refractivity contribution in [3.63, 3.8) is 0 Å². The number of halogens is 3. The van der Waals surface area contributed by atoms with Gasteiger partial charge in [-0.25, -0.2) is 4.98 Å². The Hall–Kier alpha value is -4.44. The number of hydrogen-bond acceptors (Lipinski definition) is 4. The van der Waals surface area contributed by atoms with Gasteiger partial charge < -0.3 is 14.2 Å². The maximum atomic E-state index is 14.7. The zero-order valence-electron chi connectivity index (χ0n) is 19.3. The van der Waals surface area contributed by atoms with Crippen LogP contribution in [0, 0.1) is 10.1 Å². The largest absolute Gasteiger partial charge is 0.423 e. The molecule has 5 rings (SSSR count). The topological polar surface area (TPSA) is 86.1 Å². The summed E-state index contributed by atoms with van der Waals surface area (Å²) in [5.74, 6) is 0.270. The van der Waals surface area contributed by atoms with E-state index in [0.717, 1.165) is 11.6 Å². The molecule has 0 amide bonds. The predicted octanol–water partition coefficient (Wildman–Crippen LogP) is 5.91. The van der Waals surface area contributed by atoms with Crippen LogP contribution in [0.1, 0.15) is 11.1 Å². The van der Waals surface area contributed by atoms with Gasteiger partial charge in [-0.3, -0.25) is 10.1 Å². The fourth-order valence-electron chi connectivity index (χ4n) is 4.49. The third-order valence-corrected chi connectivity index (χ3v) is 6.33. The smallest absolute Gasteiger partial charge is 0.375 e. The molecule has 0 radical (unpaired) electrons. The molecule has 0 saturated carbocycles. The SMILES string of the molecule is O=[N+]([O-])c1ccc2c(C(O)(Cn3ccnc3-c3ccccc3)C(F)(F)F)cn(Cc3ccccc3)c2c1. The Morgan fingerprint density at radius 2 is 1.62 bits per heavy atom. The van der Waals surface area contributed by atoms with E-state index in [1.54, 1.807) is 54.6 Å². The van der Waals surface area contributed by atoms with E-state index in [9.17, 15) is 28.4 Å². The van der Waals surface area contributed by atoms with Gasteiger partial charge in [0.25, 0.3) is 5.69 Å². The van der Waals surface area contributed by atoms with Crippen molar-refractivity contribution in [3.8, 4) is 11.4 Å². The number of nitro benzene ring substituents is 1. The van der Waals surface area contributed by atoms with Crippen LogP contribution < -0.4 is 0 Å². The van der Waals surface area contributed by atoms with Crippen LogP contribution in [0.2, 0.25) is 0 Å². The molecule has 0 spiro atoms. The van der Waals surface area contributed by atoms with E-state index in [1.165, 1.54) is 39.9 Å². The first-order valence-electron chi connectivity index (χ1n) is 11.3. The van der Waals surface area contributed by atoms with E-state index >= 15 is 0 Å². The molecule has 0 fully saturated rings. The molecule has 2 aromatic heterocycles. The molecule has 0 aliphatic rings. The van der Waals surface area contributed by atoms with Gasteiger partial charge in [0.1, 0.15) is 5.82 Å². The highest BCUT2D eigenvalue weighted by Gasteiger charge is 2.56. The van der Waals surface area contributed by atoms with E-state index in [0.29, 0.717) is 5.56 Å². The van der Waals surface area contributed by atoms with Crippen LogP contribution in [0.3, 0.4) is 0 Å². The van der Waals surface area contributed by atoms with Gasteiger partial charge in [0.2, 0.25) is 5.60 Å². The molecule has 1 unspecified atom stereocenters. The molecule has 1 N–H and O–H groups in total. The number of nitrogens with zero attached hydrogens (tertiary/aromatic N) is 4. The molecule has 7 nitrogen and oxygen atoms in total. The van der Waals surface area contributed by atoms with Gasteiger partial charge in [0.15, 0.2) is 0 Å². The summed E-state index contributed by atoms with van der Waals surface area (Å²) in [7, 11) is 0. The van der Waals surface area contributed by atoms with Gasteiger partial charge in [0.05, 0.1) is 17.0 Å². The van der Waals surface area contributed by atoms with Crippen molar-refractivity contribution in [1.29, 1.82) is 0 Å². The minimum Gasteiger partial charge on any atom is -0.375 e. The number of aliphatic hydroxyl groups is 1. The third-order valence-electron chi connectivity index (χ3n) is 6.33. The molecule has 10 heteroatoms. The molecule has 37 heavy (non-hydrogen) atoms. The molecule has 5 aromatic rings. The summed E-state index contributed by atoms with van der Waals surface area (Å²) in [6.07, 6.45) is -1.08. The third kappa shape index (κ3) is 4.47. The first kappa shape index (κ1) is 24.3. The lowest BCUT2D eigenvalue weighted by Crippen LogP contribution is -2.45. The fourth-order valence-corrected chi connectivity index (χ4v) is 4.49. The molecule has 0 saturated heterocycles. The summed E-state index contributed by atoms with van der Waals surface area (Å²) >= 11 is 0. The summed E-state index contributed by atoms with van der Waals surface area (Å²) < 4.78 is 46.8. The first-order chi connectivity index (χ1) is 17.7. The van der Waals surface area contributed by atoms with E-state index in [-0.39, 0.29) is 29.0 Å². The number of non-ortho nitro benzene ring substituents is 1. The quantitative estimate of drug-likeness (QED) is 0.220. The molecule has 1 atom stereocenters. The van der Waals surface area contributed by atoms with Gasteiger partial charge in [-0.2, -0.15) is 13.2 Å². The van der Waals surface area contributed by atoms with Crippen molar-refractivity contribution in [2.24, 2.45) is 0 Å². The van der Waals surface area contributed by atoms with Crippen LogP contribution in [0.25, 0.3) is 22.3 Å². The summed E-state index contributed by atoms with van der Waals surface area (Å²) in [6, 6.07) is 21.3. The normalized spacial score (nSPS) is 13.5. The second-order valence-electron chi connectivity index (χ2n) is 8.72. The Morgan fingerprint density at radius 3 is 2.27 bits per heavy atom. The second-order valence-corrected chi connectivity index (χ2v) is 8.72. The second kappa shape index (κ2) is 9.21. The van der Waals surface area contributed by atoms with E-state index in [4.69, 9.17) is 0 Å². The summed E-state index contributed by atoms with van der Waals surface area (Å²) in [6.45, 7) is -0.699. The summed E-state index contributed by atoms with van der Waals surface area (Å²) in [4.78, 5) is 15.0. The number of hydrogen-bond donors (Lipinski definition) is 1. The van der Waals surface area contributed by atoms with Crippen molar-refractivity contribution in [1.82, 2.24) is 14.1 Å². The Bertz CT molecular complexity index is 1560. The molecule has 188 valence electrons. The average Bonchev–Trinajstić information content (AvgIpc) is 3.49. The summed E-state index contributed by atoms with van der Waals surface area (Å²) in [5.41, 5.74) is -2.37. The number of aromatic nitrogens is 3. The van der Waals surface area contributed by atoms with Gasteiger partial charge >= 0.3 is 6.18 Å². The maximum absolute atomic E-state index is 14.7. The van der Waals surface area contributed by atoms with Crippen molar-refractivity contribution in [2.45, 2.75) is 24.9 Å². The number of alkyl halides is 3. The number of imidazole rings is 1. The Balaban J connectivity index is 1.67. The lowest BCUT2D eigenvalue weighted by atomic mass is 9.92. The molecule has 3 aromatic carbocycles. The molecule has 0 bridgehead atoms. The number of nitro groups is 1. The highest BCUT2D eigenvalue weighted by Crippen LogP contribution is 2.45. The Morgan fingerprint density at radius 1 is 0.946 bits per heavy atom. The lowest BCUT2D eigenvalue weighted by Gasteiger charge is -2.31. The van der Waals surface area contributed by atoms with Crippen LogP contribution in [0.5, 0.6) is 0 Å². The Kier molecular flexibility index (Phi) is 6.04. The van der Waals surface area contributed by atoms with Crippen molar-refractivity contribution < 1.29 is 23.2 Å². The highest BCUT2D eigenvalue weighted by molar-refractivity contribution is 5.87. The van der Waals surface area contributed by atoms with E-state index < -0.39 is 28.8 Å². The molecule has 2 heterocycles. The van der Waals surface area contributed by atoms with E-state index in [1.807, 2.05) is 6.07 Å². The van der Waals surface area contributed by atoms with Crippen LogP contribution in [-0.2, 0) is 18.7 Å². The number of rotatable bonds is 7. The van der Waals surface area contributed by atoms with Gasteiger partial charge in [0, 0.05) is 53.8 Å². The molecular weight excluding hydrogens is 485 g/mol. The summed E-state index contributed by atoms with van der Waals surface area (Å²) in [5, 5.41) is 22.9. The van der Waals surface area contributed by atoms with E-state index in [2.05, 4.69) is 4.98 Å². The molecule has 0 aliphatic heterocycles. The van der Waals surface area contributed by atoms with Crippen LogP contribution in [0.15, 0.2) is 97.5 Å². The standard InChI is InChI=1S/C27H21F3N4O3/c28-27(29,30)26(35,18-32-14-13-31-25(32)20-9-5-2-6-10-20)23-17-33(16-19-7-3-1-4-8-19)24-15-21(34(36)37)11-12-22(23)24/h1-15,17,35H,16,18H2. The minimum absolute atomic E-state index is 0.0720. The van der Waals surface area contributed by atoms with Crippen LogP contribution >= 0.6 is 0 Å². The Labute approximate surface area is 209 Å². The predicted molar refractivity (Wildman–Crippen MR) is 132 cm³/mol. The average molecular weight is 506 g/mol. The van der Waals surface area contributed by atoms with Crippen LogP contribution in [-0.4, -0.2) is 30.3 Å². The van der Waals surface area contributed by atoms with Crippen molar-refractivity contribution >= 4 is 16.6 Å². The lowest BCUT2D eigenvalue weighted by molar-refractivity contribution is -0.384. The van der Waals surface area contributed by atoms with Crippen molar-refractivity contribution in [3.05, 3.63) is 119 Å². The highest BCUT2D eigenvalue weighted by atomic mass is 19.4. The van der Waals surface area contributed by atoms with Gasteiger partial charge in [-0.1, -0.05) is 60.7 Å². The number of fused-ring (bicyclic) bond motifs is 1. The minimum atomic E-state index is -5.07. The van der Waals surface area contributed by atoms with Crippen molar-refractivity contribution in [2.75, 3.05) is 0 Å². The van der Waals surface area contributed by atoms with Gasteiger partial charge in [-0.05, 0) is 11.6 Å². The fraction of sp³-hybridized carbons (Fsp3) is 0.148. The zero-order valence-corrected chi connectivity index (χ0v) is 19.3. The maximum Gasteiger partial charge on any atom is 0.423 e. The number of benzene rings is 3. The van der Waals surface area contributed by atoms with Gasteiger partial charge in [-0.15, -0.1) is 0 Å². The molecular formula is C27H21F3N4O3.